The molecule has 0 unspecified atom stereocenters. The van der Waals surface area contributed by atoms with E-state index in [9.17, 15) is 9.59 Å². The molecule has 2 atom stereocenters. The van der Waals surface area contributed by atoms with Crippen molar-refractivity contribution in [3.05, 3.63) is 0 Å². The highest BCUT2D eigenvalue weighted by Crippen LogP contribution is 2.19. The number of hydrogen-bond donors (Lipinski definition) is 1. The van der Waals surface area contributed by atoms with Crippen LogP contribution in [-0.2, 0) is 14.3 Å². The molecule has 0 aromatic heterocycles. The van der Waals surface area contributed by atoms with Crippen LogP contribution in [0.2, 0.25) is 0 Å². The van der Waals surface area contributed by atoms with Gasteiger partial charge in [0.1, 0.15) is 6.10 Å². The third-order valence-electron chi connectivity index (χ3n) is 2.64. The largest absolute Gasteiger partial charge is 0.460 e. The fourth-order valence-corrected chi connectivity index (χ4v) is 1.96. The fourth-order valence-electron chi connectivity index (χ4n) is 1.96. The zero-order valence-corrected chi connectivity index (χ0v) is 10.3. The molecule has 0 spiro atoms. The minimum Gasteiger partial charge on any atom is -0.460 e. The number of rotatable bonds is 5. The van der Waals surface area contributed by atoms with Gasteiger partial charge < -0.3 is 10.1 Å². The Kier molecular flexibility index (Phi) is 4.77. The van der Waals surface area contributed by atoms with Crippen LogP contribution in [0.5, 0.6) is 0 Å². The van der Waals surface area contributed by atoms with Crippen molar-refractivity contribution in [2.24, 2.45) is 5.92 Å². The molecule has 1 amide bonds. The summed E-state index contributed by atoms with van der Waals surface area (Å²) >= 11 is 0. The molecular formula is C12H21NO3. The van der Waals surface area contributed by atoms with Gasteiger partial charge in [0.2, 0.25) is 5.91 Å². The lowest BCUT2D eigenvalue weighted by atomic mass is 10.0. The Morgan fingerprint density at radius 1 is 1.56 bits per heavy atom. The number of carbonyl (C=O) groups is 2. The van der Waals surface area contributed by atoms with E-state index in [2.05, 4.69) is 19.2 Å². The van der Waals surface area contributed by atoms with Crippen molar-refractivity contribution in [1.82, 2.24) is 5.32 Å². The lowest BCUT2D eigenvalue weighted by Gasteiger charge is -2.20. The molecule has 1 saturated heterocycles. The first-order valence-corrected chi connectivity index (χ1v) is 6.01. The molecule has 4 nitrogen and oxygen atoms in total. The van der Waals surface area contributed by atoms with Crippen molar-refractivity contribution in [3.8, 4) is 0 Å². The predicted octanol–water partition coefficient (Wildman–Crippen LogP) is 1.63. The first-order chi connectivity index (χ1) is 7.52. The van der Waals surface area contributed by atoms with Crippen molar-refractivity contribution in [1.29, 1.82) is 0 Å². The van der Waals surface area contributed by atoms with Gasteiger partial charge in [0, 0.05) is 6.42 Å². The second-order valence-corrected chi connectivity index (χ2v) is 4.79. The summed E-state index contributed by atoms with van der Waals surface area (Å²) in [4.78, 5) is 22.7. The van der Waals surface area contributed by atoms with Gasteiger partial charge in [-0.25, -0.2) is 0 Å². The van der Waals surface area contributed by atoms with E-state index in [0.29, 0.717) is 18.8 Å². The summed E-state index contributed by atoms with van der Waals surface area (Å²) in [6, 6.07) is -0.00620. The number of hydrogen-bond acceptors (Lipinski definition) is 3. The third-order valence-corrected chi connectivity index (χ3v) is 2.64. The molecule has 0 bridgehead atoms. The summed E-state index contributed by atoms with van der Waals surface area (Å²) in [7, 11) is 0. The van der Waals surface area contributed by atoms with Crippen LogP contribution >= 0.6 is 0 Å². The second kappa shape index (κ2) is 5.87. The first-order valence-electron chi connectivity index (χ1n) is 6.01. The maximum atomic E-state index is 11.4. The first kappa shape index (κ1) is 13.0. The Balaban J connectivity index is 2.49. The normalized spacial score (nSPS) is 24.6. The molecular weight excluding hydrogens is 206 g/mol. The van der Waals surface area contributed by atoms with Crippen LogP contribution in [0.4, 0.5) is 0 Å². The maximum Gasteiger partial charge on any atom is 0.306 e. The van der Waals surface area contributed by atoms with Crippen LogP contribution < -0.4 is 5.32 Å². The second-order valence-electron chi connectivity index (χ2n) is 4.79. The van der Waals surface area contributed by atoms with Gasteiger partial charge in [-0.1, -0.05) is 20.8 Å². The number of nitrogens with one attached hydrogen (secondary N) is 1. The molecule has 1 N–H and O–H groups in total. The molecule has 4 heteroatoms. The van der Waals surface area contributed by atoms with Crippen LogP contribution in [0, 0.1) is 5.92 Å². The number of ether oxygens (including phenoxy) is 1. The lowest BCUT2D eigenvalue weighted by Crippen LogP contribution is -2.35. The molecule has 1 heterocycles. The van der Waals surface area contributed by atoms with Crippen LogP contribution in [0.3, 0.4) is 0 Å². The van der Waals surface area contributed by atoms with Crippen molar-refractivity contribution < 1.29 is 14.3 Å². The van der Waals surface area contributed by atoms with Crippen molar-refractivity contribution in [2.75, 3.05) is 0 Å². The number of amides is 1. The van der Waals surface area contributed by atoms with E-state index in [4.69, 9.17) is 4.74 Å². The third kappa shape index (κ3) is 3.83. The van der Waals surface area contributed by atoms with E-state index in [1.54, 1.807) is 0 Å². The van der Waals surface area contributed by atoms with Gasteiger partial charge in [-0.2, -0.15) is 0 Å². The Labute approximate surface area is 96.7 Å². The van der Waals surface area contributed by atoms with Crippen LogP contribution in [0.1, 0.15) is 46.5 Å². The summed E-state index contributed by atoms with van der Waals surface area (Å²) in [5, 5.41) is 2.87. The van der Waals surface area contributed by atoms with Crippen molar-refractivity contribution in [3.63, 3.8) is 0 Å². The molecule has 0 aromatic rings. The average molecular weight is 227 g/mol. The monoisotopic (exact) mass is 227 g/mol. The van der Waals surface area contributed by atoms with Crippen LogP contribution in [0.25, 0.3) is 0 Å². The molecule has 1 rings (SSSR count). The molecule has 1 fully saturated rings. The van der Waals surface area contributed by atoms with Gasteiger partial charge >= 0.3 is 5.97 Å². The molecule has 0 saturated carbocycles. The van der Waals surface area contributed by atoms with E-state index < -0.39 is 0 Å². The molecule has 0 radical (unpaired) electrons. The zero-order chi connectivity index (χ0) is 12.1. The predicted molar refractivity (Wildman–Crippen MR) is 60.8 cm³/mol. The summed E-state index contributed by atoms with van der Waals surface area (Å²) in [6.45, 7) is 6.12. The number of esters is 1. The van der Waals surface area contributed by atoms with Gasteiger partial charge in [0.15, 0.2) is 0 Å². The van der Waals surface area contributed by atoms with E-state index in [1.165, 1.54) is 0 Å². The summed E-state index contributed by atoms with van der Waals surface area (Å²) in [6.07, 6.45) is 2.11. The van der Waals surface area contributed by atoms with Gasteiger partial charge in [0.05, 0.1) is 12.5 Å². The molecule has 0 aliphatic carbocycles. The quantitative estimate of drug-likeness (QED) is 0.726. The summed E-state index contributed by atoms with van der Waals surface area (Å²) < 4.78 is 5.31. The Bertz CT molecular complexity index is 263. The highest BCUT2D eigenvalue weighted by molar-refractivity contribution is 5.80. The molecule has 92 valence electrons. The minimum absolute atomic E-state index is 0.00620. The van der Waals surface area contributed by atoms with Crippen LogP contribution in [-0.4, -0.2) is 24.0 Å². The lowest BCUT2D eigenvalue weighted by molar-refractivity contribution is -0.149. The Hall–Kier alpha value is -1.06. The van der Waals surface area contributed by atoms with Gasteiger partial charge in [-0.3, -0.25) is 9.59 Å². The fraction of sp³-hybridized carbons (Fsp3) is 0.833. The van der Waals surface area contributed by atoms with E-state index in [1.807, 2.05) is 6.92 Å². The highest BCUT2D eigenvalue weighted by atomic mass is 16.5. The average Bonchev–Trinajstić information content (AvgIpc) is 2.45. The Morgan fingerprint density at radius 2 is 2.25 bits per heavy atom. The van der Waals surface area contributed by atoms with Crippen molar-refractivity contribution in [2.45, 2.75) is 58.6 Å². The van der Waals surface area contributed by atoms with E-state index >= 15 is 0 Å². The molecule has 1 aliphatic heterocycles. The van der Waals surface area contributed by atoms with Gasteiger partial charge in [0.25, 0.3) is 0 Å². The van der Waals surface area contributed by atoms with Crippen molar-refractivity contribution >= 4 is 11.9 Å². The standard InChI is InChI=1S/C12H21NO3/c1-4-5-12(15)16-10-7-11(14)13-9(10)6-8(2)3/h8-10H,4-7H2,1-3H3,(H,13,14)/t9-,10-/m0/s1. The summed E-state index contributed by atoms with van der Waals surface area (Å²) in [5.74, 6) is 0.272. The van der Waals surface area contributed by atoms with Gasteiger partial charge in [-0.15, -0.1) is 0 Å². The zero-order valence-electron chi connectivity index (χ0n) is 10.3. The molecule has 1 aliphatic rings. The van der Waals surface area contributed by atoms with E-state index in [0.717, 1.165) is 12.8 Å². The molecule has 16 heavy (non-hydrogen) atoms. The highest BCUT2D eigenvalue weighted by Gasteiger charge is 2.35. The Morgan fingerprint density at radius 3 is 2.81 bits per heavy atom. The van der Waals surface area contributed by atoms with Gasteiger partial charge in [-0.05, 0) is 18.8 Å². The van der Waals surface area contributed by atoms with Crippen LogP contribution in [0.15, 0.2) is 0 Å². The smallest absolute Gasteiger partial charge is 0.306 e. The maximum absolute atomic E-state index is 11.4. The topological polar surface area (TPSA) is 55.4 Å². The minimum atomic E-state index is -0.269. The number of carbonyl (C=O) groups excluding carboxylic acids is 2. The van der Waals surface area contributed by atoms with E-state index in [-0.39, 0.29) is 24.0 Å². The molecule has 0 aromatic carbocycles. The SMILES string of the molecule is CCCC(=O)O[C@H]1CC(=O)N[C@H]1CC(C)C. The summed E-state index contributed by atoms with van der Waals surface area (Å²) in [5.41, 5.74) is 0.